The second kappa shape index (κ2) is 12.6. The molecule has 0 radical (unpaired) electrons. The Labute approximate surface area is 266 Å². The Hall–Kier alpha value is -6.36. The Morgan fingerprint density at radius 1 is 0.532 bits per heavy atom. The Morgan fingerprint density at radius 3 is 1.19 bits per heavy atom. The number of rotatable bonds is 10. The highest BCUT2D eigenvalue weighted by Gasteiger charge is 2.23. The average molecular weight is 631 g/mol. The van der Waals surface area contributed by atoms with Crippen molar-refractivity contribution in [3.8, 4) is 22.9 Å². The summed E-state index contributed by atoms with van der Waals surface area (Å²) in [6, 6.07) is 23.6. The van der Waals surface area contributed by atoms with Crippen molar-refractivity contribution in [2.75, 3.05) is 0 Å². The van der Waals surface area contributed by atoms with Crippen LogP contribution in [0.5, 0.6) is 11.5 Å². The molecule has 0 fully saturated rings. The lowest BCUT2D eigenvalue weighted by molar-refractivity contribution is 0.0986. The Bertz CT molecular complexity index is 1990. The van der Waals surface area contributed by atoms with E-state index in [2.05, 4.69) is 10.2 Å². The molecule has 0 saturated heterocycles. The molecule has 0 aliphatic carbocycles. The Balaban J connectivity index is 1.17. The van der Waals surface area contributed by atoms with E-state index in [9.17, 15) is 28.0 Å². The standard InChI is InChI=1S/C36H24F2N4O5/c1-21(43)33-31(19-41(39-33)27-11-7-25(37)8-12-27)35(45)23-3-15-29(16-4-23)47-30-17-5-24(6-18-30)36(46)32-20-42(40-34(32)22(2)44)28-13-9-26(38)10-14-28/h3-20H,1-2H3. The number of carbonyl (C=O) groups is 4. The van der Waals surface area contributed by atoms with Crippen molar-refractivity contribution in [3.05, 3.63) is 155 Å². The maximum atomic E-state index is 13.4. The molecule has 4 aromatic carbocycles. The molecule has 0 spiro atoms. The van der Waals surface area contributed by atoms with Gasteiger partial charge in [-0.05, 0) is 97.1 Å². The van der Waals surface area contributed by atoms with Crippen LogP contribution < -0.4 is 4.74 Å². The molecule has 2 aromatic heterocycles. The number of nitrogens with zero attached hydrogens (tertiary/aromatic N) is 4. The molecule has 0 N–H and O–H groups in total. The number of hydrogen-bond donors (Lipinski definition) is 0. The first-order valence-electron chi connectivity index (χ1n) is 14.3. The van der Waals surface area contributed by atoms with Crippen LogP contribution in [0.25, 0.3) is 11.4 Å². The van der Waals surface area contributed by atoms with Gasteiger partial charge in [0.05, 0.1) is 22.5 Å². The Kier molecular flexibility index (Phi) is 8.19. The van der Waals surface area contributed by atoms with Crippen LogP contribution in [-0.4, -0.2) is 42.7 Å². The summed E-state index contributed by atoms with van der Waals surface area (Å²) >= 11 is 0. The third-order valence-electron chi connectivity index (χ3n) is 7.24. The number of benzene rings is 4. The number of hydrogen-bond acceptors (Lipinski definition) is 7. The highest BCUT2D eigenvalue weighted by atomic mass is 19.1. The normalized spacial score (nSPS) is 10.9. The van der Waals surface area contributed by atoms with Crippen LogP contribution in [0, 0.1) is 11.6 Å². The van der Waals surface area contributed by atoms with Gasteiger partial charge in [-0.1, -0.05) is 0 Å². The van der Waals surface area contributed by atoms with Gasteiger partial charge in [0, 0.05) is 37.4 Å². The van der Waals surface area contributed by atoms with E-state index < -0.39 is 34.8 Å². The highest BCUT2D eigenvalue weighted by Crippen LogP contribution is 2.26. The van der Waals surface area contributed by atoms with Gasteiger partial charge in [-0.3, -0.25) is 19.2 Å². The molecule has 0 saturated carbocycles. The lowest BCUT2D eigenvalue weighted by atomic mass is 10.0. The van der Waals surface area contributed by atoms with Gasteiger partial charge in [0.25, 0.3) is 0 Å². The van der Waals surface area contributed by atoms with Crippen LogP contribution in [-0.2, 0) is 0 Å². The summed E-state index contributed by atoms with van der Waals surface area (Å²) in [5.41, 5.74) is 1.76. The van der Waals surface area contributed by atoms with Gasteiger partial charge in [0.2, 0.25) is 0 Å². The topological polar surface area (TPSA) is 113 Å². The first-order valence-corrected chi connectivity index (χ1v) is 14.3. The SMILES string of the molecule is CC(=O)c1nn(-c2ccc(F)cc2)cc1C(=O)c1ccc(Oc2ccc(C(=O)c3cn(-c4ccc(F)cc4)nc3C(C)=O)cc2)cc1. The van der Waals surface area contributed by atoms with Crippen LogP contribution in [0.4, 0.5) is 8.78 Å². The van der Waals surface area contributed by atoms with Crippen molar-refractivity contribution in [3.63, 3.8) is 0 Å². The third-order valence-corrected chi connectivity index (χ3v) is 7.24. The summed E-state index contributed by atoms with van der Waals surface area (Å²) in [5, 5.41) is 8.48. The molecule has 0 aliphatic rings. The number of halogens is 2. The van der Waals surface area contributed by atoms with Gasteiger partial charge < -0.3 is 4.74 Å². The van der Waals surface area contributed by atoms with Crippen LogP contribution >= 0.6 is 0 Å². The fourth-order valence-corrected chi connectivity index (χ4v) is 4.85. The molecule has 0 unspecified atom stereocenters. The molecule has 0 amide bonds. The minimum Gasteiger partial charge on any atom is -0.457 e. The minimum atomic E-state index is -0.425. The van der Waals surface area contributed by atoms with E-state index in [-0.39, 0.29) is 22.5 Å². The zero-order valence-electron chi connectivity index (χ0n) is 25.0. The smallest absolute Gasteiger partial charge is 0.196 e. The van der Waals surface area contributed by atoms with Gasteiger partial charge >= 0.3 is 0 Å². The summed E-state index contributed by atoms with van der Waals surface area (Å²) in [7, 11) is 0. The number of ether oxygens (including phenoxy) is 1. The lowest BCUT2D eigenvalue weighted by Crippen LogP contribution is -2.07. The van der Waals surface area contributed by atoms with E-state index in [1.165, 1.54) is 84.1 Å². The van der Waals surface area contributed by atoms with E-state index in [0.717, 1.165) is 0 Å². The van der Waals surface area contributed by atoms with E-state index in [1.54, 1.807) is 48.5 Å². The van der Waals surface area contributed by atoms with Gasteiger partial charge in [-0.25, -0.2) is 18.1 Å². The van der Waals surface area contributed by atoms with Crippen LogP contribution in [0.3, 0.4) is 0 Å². The molecule has 6 rings (SSSR count). The average Bonchev–Trinajstić information content (AvgIpc) is 3.72. The molecular weight excluding hydrogens is 606 g/mol. The molecule has 9 nitrogen and oxygen atoms in total. The molecule has 0 bridgehead atoms. The second-order valence-electron chi connectivity index (χ2n) is 10.5. The molecular formula is C36H24F2N4O5. The van der Waals surface area contributed by atoms with Crippen LogP contribution in [0.15, 0.2) is 109 Å². The molecule has 2 heterocycles. The molecule has 232 valence electrons. The monoisotopic (exact) mass is 630 g/mol. The molecule has 47 heavy (non-hydrogen) atoms. The lowest BCUT2D eigenvalue weighted by Gasteiger charge is -2.08. The van der Waals surface area contributed by atoms with Crippen LogP contribution in [0.2, 0.25) is 0 Å². The summed E-state index contributed by atoms with van der Waals surface area (Å²) in [6.45, 7) is 2.63. The predicted octanol–water partition coefficient (Wildman–Crippen LogP) is 7.00. The zero-order valence-corrected chi connectivity index (χ0v) is 25.0. The maximum absolute atomic E-state index is 13.4. The fourth-order valence-electron chi connectivity index (χ4n) is 4.85. The van der Waals surface area contributed by atoms with Gasteiger partial charge in [-0.2, -0.15) is 10.2 Å². The summed E-state index contributed by atoms with van der Waals surface area (Å²) in [5.74, 6) is -1.66. The largest absolute Gasteiger partial charge is 0.457 e. The van der Waals surface area contributed by atoms with E-state index >= 15 is 0 Å². The van der Waals surface area contributed by atoms with E-state index in [4.69, 9.17) is 4.74 Å². The first kappa shape index (κ1) is 30.7. The van der Waals surface area contributed by atoms with Gasteiger partial charge in [0.1, 0.15) is 34.5 Å². The maximum Gasteiger partial charge on any atom is 0.196 e. The predicted molar refractivity (Wildman–Crippen MR) is 167 cm³/mol. The van der Waals surface area contributed by atoms with Crippen molar-refractivity contribution in [2.24, 2.45) is 0 Å². The van der Waals surface area contributed by atoms with Crippen molar-refractivity contribution in [1.29, 1.82) is 0 Å². The summed E-state index contributed by atoms with van der Waals surface area (Å²) in [4.78, 5) is 51.2. The van der Waals surface area contributed by atoms with Gasteiger partial charge in [0.15, 0.2) is 23.1 Å². The second-order valence-corrected chi connectivity index (χ2v) is 10.5. The van der Waals surface area contributed by atoms with Crippen molar-refractivity contribution < 1.29 is 32.7 Å². The number of Topliss-reactive ketones (excluding diaryl/α,β-unsaturated/α-hetero) is 2. The molecule has 0 aliphatic heterocycles. The number of ketones is 4. The Morgan fingerprint density at radius 2 is 0.872 bits per heavy atom. The molecule has 6 aromatic rings. The van der Waals surface area contributed by atoms with E-state index in [1.807, 2.05) is 0 Å². The zero-order chi connectivity index (χ0) is 33.2. The van der Waals surface area contributed by atoms with Gasteiger partial charge in [-0.15, -0.1) is 0 Å². The highest BCUT2D eigenvalue weighted by molar-refractivity contribution is 6.15. The summed E-state index contributed by atoms with van der Waals surface area (Å²) < 4.78 is 35.3. The van der Waals surface area contributed by atoms with Crippen LogP contribution in [0.1, 0.15) is 66.7 Å². The molecule has 11 heteroatoms. The summed E-state index contributed by atoms with van der Waals surface area (Å²) in [6.07, 6.45) is 2.87. The van der Waals surface area contributed by atoms with E-state index in [0.29, 0.717) is 34.0 Å². The fraction of sp³-hybridized carbons (Fsp3) is 0.0556. The third kappa shape index (κ3) is 6.40. The van der Waals surface area contributed by atoms with Crippen molar-refractivity contribution in [2.45, 2.75) is 13.8 Å². The first-order chi connectivity index (χ1) is 22.6. The number of carbonyl (C=O) groups excluding carboxylic acids is 4. The van der Waals surface area contributed by atoms with Crippen molar-refractivity contribution in [1.82, 2.24) is 19.6 Å². The molecule has 0 atom stereocenters. The van der Waals surface area contributed by atoms with Crippen molar-refractivity contribution >= 4 is 23.1 Å². The number of aromatic nitrogens is 4. The minimum absolute atomic E-state index is 0.00693. The quantitative estimate of drug-likeness (QED) is 0.150.